The molecule has 0 fully saturated rings. The molecule has 1 aromatic carbocycles. The molecule has 0 spiro atoms. The summed E-state index contributed by atoms with van der Waals surface area (Å²) >= 11 is 0. The predicted molar refractivity (Wildman–Crippen MR) is 119 cm³/mol. The minimum absolute atomic E-state index is 0.0556. The van der Waals surface area contributed by atoms with Gasteiger partial charge in [0.05, 0.1) is 23.5 Å². The number of aliphatic imine (C=N–C) groups is 1. The molecule has 1 aliphatic carbocycles. The number of ketones is 1. The maximum absolute atomic E-state index is 12.3. The van der Waals surface area contributed by atoms with Crippen molar-refractivity contribution in [2.24, 2.45) is 16.6 Å². The number of benzene rings is 1. The predicted octanol–water partition coefficient (Wildman–Crippen LogP) is 4.39. The molecule has 1 aromatic rings. The summed E-state index contributed by atoms with van der Waals surface area (Å²) in [7, 11) is 0. The second kappa shape index (κ2) is 11.8. The summed E-state index contributed by atoms with van der Waals surface area (Å²) in [6.07, 6.45) is 6.37. The number of Topliss-reactive ketones (excluding diaryl/α,β-unsaturated/α-hetero) is 1. The molecular weight excluding hydrogens is 396 g/mol. The topological polar surface area (TPSA) is 108 Å². The molecule has 0 amide bonds. The normalized spacial score (nSPS) is 14.9. The van der Waals surface area contributed by atoms with E-state index in [1.807, 2.05) is 13.8 Å². The summed E-state index contributed by atoms with van der Waals surface area (Å²) in [6, 6.07) is 6.65. The van der Waals surface area contributed by atoms with Gasteiger partial charge in [0.15, 0.2) is 5.78 Å². The smallest absolute Gasteiger partial charge is 0.343 e. The third-order valence-corrected chi connectivity index (χ3v) is 4.85. The summed E-state index contributed by atoms with van der Waals surface area (Å²) in [6.45, 7) is 5.37. The second-order valence-corrected chi connectivity index (χ2v) is 7.64. The van der Waals surface area contributed by atoms with Crippen molar-refractivity contribution < 1.29 is 23.9 Å². The van der Waals surface area contributed by atoms with E-state index in [2.05, 4.69) is 4.99 Å². The number of carbonyl (C=O) groups excluding carboxylic acids is 3. The molecule has 0 radical (unpaired) electrons. The Hall–Kier alpha value is -3.22. The lowest BCUT2D eigenvalue weighted by molar-refractivity contribution is -0.148. The summed E-state index contributed by atoms with van der Waals surface area (Å²) in [5.41, 5.74) is 7.49. The fraction of sp³-hybridized carbons (Fsp3) is 0.417. The summed E-state index contributed by atoms with van der Waals surface area (Å²) in [5.74, 6) is -0.0623. The SMILES string of the molecule is CCCC(C)C(=O)COC(=O)CC1=CC=C(OC(=O)c2ccc(N=C(C)N)cc2)CC1. The zero-order valence-electron chi connectivity index (χ0n) is 18.3. The standard InChI is InChI=1S/C24H30N2O5/c1-4-5-16(2)22(27)15-30-23(28)14-18-6-12-21(13-7-18)31-24(29)19-8-10-20(11-9-19)26-17(3)25/h6,8-12,16H,4-5,7,13-15H2,1-3H3,(H2,25,26). The molecule has 2 rings (SSSR count). The van der Waals surface area contributed by atoms with E-state index in [4.69, 9.17) is 15.2 Å². The lowest BCUT2D eigenvalue weighted by Crippen LogP contribution is -2.20. The van der Waals surface area contributed by atoms with Gasteiger partial charge in [0.25, 0.3) is 0 Å². The van der Waals surface area contributed by atoms with Crippen LogP contribution < -0.4 is 5.73 Å². The van der Waals surface area contributed by atoms with Gasteiger partial charge in [-0.3, -0.25) is 9.59 Å². The Balaban J connectivity index is 1.83. The largest absolute Gasteiger partial charge is 0.457 e. The van der Waals surface area contributed by atoms with Crippen LogP contribution in [0.15, 0.2) is 52.7 Å². The van der Waals surface area contributed by atoms with Crippen molar-refractivity contribution in [3.8, 4) is 0 Å². The molecule has 0 aliphatic heterocycles. The number of allylic oxidation sites excluding steroid dienone is 3. The van der Waals surface area contributed by atoms with Gasteiger partial charge in [-0.2, -0.15) is 0 Å². The number of amidine groups is 1. The van der Waals surface area contributed by atoms with Crippen LogP contribution >= 0.6 is 0 Å². The van der Waals surface area contributed by atoms with Gasteiger partial charge >= 0.3 is 11.9 Å². The Morgan fingerprint density at radius 3 is 2.42 bits per heavy atom. The number of nitrogens with two attached hydrogens (primary N) is 1. The van der Waals surface area contributed by atoms with Crippen LogP contribution in [0.1, 0.15) is 63.2 Å². The molecule has 0 aromatic heterocycles. The molecule has 7 nitrogen and oxygen atoms in total. The third-order valence-electron chi connectivity index (χ3n) is 4.85. The first-order chi connectivity index (χ1) is 14.8. The van der Waals surface area contributed by atoms with Gasteiger partial charge in [-0.15, -0.1) is 0 Å². The van der Waals surface area contributed by atoms with Crippen molar-refractivity contribution in [1.29, 1.82) is 0 Å². The van der Waals surface area contributed by atoms with Crippen LogP contribution in [0.2, 0.25) is 0 Å². The Morgan fingerprint density at radius 2 is 1.84 bits per heavy atom. The summed E-state index contributed by atoms with van der Waals surface area (Å²) < 4.78 is 10.5. The number of nitrogens with zero attached hydrogens (tertiary/aromatic N) is 1. The number of rotatable bonds is 10. The van der Waals surface area contributed by atoms with Crippen molar-refractivity contribution in [1.82, 2.24) is 0 Å². The Morgan fingerprint density at radius 1 is 1.13 bits per heavy atom. The zero-order valence-corrected chi connectivity index (χ0v) is 18.3. The Kier molecular flexibility index (Phi) is 9.18. The highest BCUT2D eigenvalue weighted by Crippen LogP contribution is 2.23. The van der Waals surface area contributed by atoms with Gasteiger partial charge in [-0.25, -0.2) is 9.79 Å². The van der Waals surface area contributed by atoms with E-state index in [9.17, 15) is 14.4 Å². The number of hydrogen-bond acceptors (Lipinski definition) is 6. The molecule has 1 aliphatic rings. The number of carbonyl (C=O) groups is 3. The third kappa shape index (κ3) is 8.20. The van der Waals surface area contributed by atoms with Gasteiger partial charge in [-0.05, 0) is 50.1 Å². The quantitative estimate of drug-likeness (QED) is 0.338. The molecule has 7 heteroatoms. The molecule has 0 heterocycles. The van der Waals surface area contributed by atoms with Crippen molar-refractivity contribution in [2.75, 3.05) is 6.61 Å². The maximum Gasteiger partial charge on any atom is 0.343 e. The Labute approximate surface area is 183 Å². The van der Waals surface area contributed by atoms with E-state index in [0.29, 0.717) is 35.7 Å². The average molecular weight is 427 g/mol. The molecule has 1 atom stereocenters. The number of ether oxygens (including phenoxy) is 2. The van der Waals surface area contributed by atoms with Gasteiger partial charge < -0.3 is 15.2 Å². The summed E-state index contributed by atoms with van der Waals surface area (Å²) in [4.78, 5) is 40.3. The van der Waals surface area contributed by atoms with Crippen LogP contribution in [-0.2, 0) is 19.1 Å². The van der Waals surface area contributed by atoms with Crippen LogP contribution in [0.4, 0.5) is 5.69 Å². The molecule has 1 unspecified atom stereocenters. The van der Waals surface area contributed by atoms with E-state index in [1.54, 1.807) is 43.3 Å². The fourth-order valence-corrected chi connectivity index (χ4v) is 3.07. The van der Waals surface area contributed by atoms with Crippen LogP contribution in [0.3, 0.4) is 0 Å². The second-order valence-electron chi connectivity index (χ2n) is 7.64. The van der Waals surface area contributed by atoms with Crippen molar-refractivity contribution in [2.45, 2.75) is 52.9 Å². The van der Waals surface area contributed by atoms with Crippen molar-refractivity contribution in [3.63, 3.8) is 0 Å². The van der Waals surface area contributed by atoms with E-state index in [-0.39, 0.29) is 24.7 Å². The van der Waals surface area contributed by atoms with Gasteiger partial charge in [0, 0.05) is 12.3 Å². The lowest BCUT2D eigenvalue weighted by atomic mass is 10.0. The van der Waals surface area contributed by atoms with Gasteiger partial charge in [0.1, 0.15) is 12.4 Å². The fourth-order valence-electron chi connectivity index (χ4n) is 3.07. The molecule has 0 saturated carbocycles. The van der Waals surface area contributed by atoms with Crippen LogP contribution in [0.5, 0.6) is 0 Å². The Bertz CT molecular complexity index is 893. The lowest BCUT2D eigenvalue weighted by Gasteiger charge is -2.15. The van der Waals surface area contributed by atoms with Crippen LogP contribution in [-0.4, -0.2) is 30.2 Å². The van der Waals surface area contributed by atoms with Gasteiger partial charge in [-0.1, -0.05) is 31.9 Å². The molecular formula is C24H30N2O5. The van der Waals surface area contributed by atoms with E-state index < -0.39 is 11.9 Å². The number of esters is 2. The monoisotopic (exact) mass is 426 g/mol. The highest BCUT2D eigenvalue weighted by Gasteiger charge is 2.18. The molecule has 0 bridgehead atoms. The minimum atomic E-state index is -0.456. The van der Waals surface area contributed by atoms with Crippen molar-refractivity contribution >= 4 is 29.2 Å². The van der Waals surface area contributed by atoms with Gasteiger partial charge in [0.2, 0.25) is 0 Å². The van der Waals surface area contributed by atoms with E-state index in [0.717, 1.165) is 18.4 Å². The van der Waals surface area contributed by atoms with E-state index >= 15 is 0 Å². The first-order valence-corrected chi connectivity index (χ1v) is 10.5. The molecule has 166 valence electrons. The first-order valence-electron chi connectivity index (χ1n) is 10.5. The average Bonchev–Trinajstić information content (AvgIpc) is 2.73. The first kappa shape index (κ1) is 24.1. The van der Waals surface area contributed by atoms with Crippen LogP contribution in [0, 0.1) is 5.92 Å². The van der Waals surface area contributed by atoms with Crippen LogP contribution in [0.25, 0.3) is 0 Å². The van der Waals surface area contributed by atoms with E-state index in [1.165, 1.54) is 0 Å². The minimum Gasteiger partial charge on any atom is -0.457 e. The highest BCUT2D eigenvalue weighted by molar-refractivity contribution is 5.90. The molecule has 0 saturated heterocycles. The number of hydrogen-bond donors (Lipinski definition) is 1. The zero-order chi connectivity index (χ0) is 22.8. The molecule has 31 heavy (non-hydrogen) atoms. The highest BCUT2D eigenvalue weighted by atomic mass is 16.5. The molecule has 2 N–H and O–H groups in total. The summed E-state index contributed by atoms with van der Waals surface area (Å²) in [5, 5.41) is 0. The van der Waals surface area contributed by atoms with Crippen molar-refractivity contribution in [3.05, 3.63) is 53.3 Å². The maximum atomic E-state index is 12.3.